The number of nitrogens with zero attached hydrogens (tertiary/aromatic N) is 1. The van der Waals surface area contributed by atoms with Crippen molar-refractivity contribution in [1.29, 1.82) is 0 Å². The fraction of sp³-hybridized carbons (Fsp3) is 0.929. The monoisotopic (exact) mass is 401 g/mol. The highest BCUT2D eigenvalue weighted by atomic mass is 127. The van der Waals surface area contributed by atoms with Crippen LogP contribution in [-0.2, 0) is 4.74 Å². The normalized spacial score (nSPS) is 11.9. The average Bonchev–Trinajstić information content (AvgIpc) is 2.37. The molecule has 0 atom stereocenters. The van der Waals surface area contributed by atoms with Gasteiger partial charge in [0.15, 0.2) is 5.96 Å². The molecule has 20 heavy (non-hydrogen) atoms. The summed E-state index contributed by atoms with van der Waals surface area (Å²) in [7, 11) is 1.67. The number of halogens is 1. The Bertz CT molecular complexity index is 245. The van der Waals surface area contributed by atoms with Crippen LogP contribution in [0, 0.1) is 0 Å². The van der Waals surface area contributed by atoms with Crippen molar-refractivity contribution >= 4 is 29.9 Å². The molecule has 122 valence electrons. The second-order valence-corrected chi connectivity index (χ2v) is 4.84. The van der Waals surface area contributed by atoms with Crippen molar-refractivity contribution in [3.8, 4) is 0 Å². The van der Waals surface area contributed by atoms with Gasteiger partial charge in [-0.1, -0.05) is 26.7 Å². The van der Waals surface area contributed by atoms with Gasteiger partial charge in [-0.2, -0.15) is 0 Å². The third-order valence-corrected chi connectivity index (χ3v) is 2.91. The first-order valence-corrected chi connectivity index (χ1v) is 7.35. The van der Waals surface area contributed by atoms with Crippen LogP contribution in [0.25, 0.3) is 0 Å². The van der Waals surface area contributed by atoms with Gasteiger partial charge in [0.1, 0.15) is 0 Å². The summed E-state index contributed by atoms with van der Waals surface area (Å²) in [6, 6.07) is 0. The standard InChI is InChI=1S/C14H31N3O2.HI/c1-5-8-14(18,9-6-2)12-17-13(15-7-3)16-10-11-19-4;/h18H,5-12H2,1-4H3,(H2,15,16,17);1H. The molecule has 6 heteroatoms. The van der Waals surface area contributed by atoms with Gasteiger partial charge in [0, 0.05) is 20.2 Å². The first-order chi connectivity index (χ1) is 9.11. The summed E-state index contributed by atoms with van der Waals surface area (Å²) in [6.07, 6.45) is 3.53. The Morgan fingerprint density at radius 2 is 1.75 bits per heavy atom. The number of hydrogen-bond acceptors (Lipinski definition) is 3. The highest BCUT2D eigenvalue weighted by molar-refractivity contribution is 14.0. The maximum absolute atomic E-state index is 10.5. The zero-order valence-corrected chi connectivity index (χ0v) is 15.7. The molecule has 0 rings (SSSR count). The lowest BCUT2D eigenvalue weighted by molar-refractivity contribution is 0.0306. The Morgan fingerprint density at radius 3 is 2.20 bits per heavy atom. The van der Waals surface area contributed by atoms with Gasteiger partial charge >= 0.3 is 0 Å². The minimum absolute atomic E-state index is 0. The van der Waals surface area contributed by atoms with E-state index in [2.05, 4.69) is 29.5 Å². The highest BCUT2D eigenvalue weighted by Gasteiger charge is 2.24. The Morgan fingerprint density at radius 1 is 1.15 bits per heavy atom. The predicted molar refractivity (Wildman–Crippen MR) is 96.0 cm³/mol. The zero-order chi connectivity index (χ0) is 14.6. The van der Waals surface area contributed by atoms with Crippen molar-refractivity contribution in [3.05, 3.63) is 0 Å². The van der Waals surface area contributed by atoms with Crippen LogP contribution in [0.15, 0.2) is 4.99 Å². The topological polar surface area (TPSA) is 65.9 Å². The van der Waals surface area contributed by atoms with Crippen molar-refractivity contribution in [2.24, 2.45) is 4.99 Å². The van der Waals surface area contributed by atoms with E-state index in [0.29, 0.717) is 19.7 Å². The Kier molecular flexibility index (Phi) is 15.4. The number of aliphatic imine (C=N–C) groups is 1. The Balaban J connectivity index is 0. The molecular weight excluding hydrogens is 369 g/mol. The zero-order valence-electron chi connectivity index (χ0n) is 13.4. The van der Waals surface area contributed by atoms with Crippen LogP contribution in [0.4, 0.5) is 0 Å². The minimum Gasteiger partial charge on any atom is -0.388 e. The molecule has 5 nitrogen and oxygen atoms in total. The van der Waals surface area contributed by atoms with Crippen LogP contribution >= 0.6 is 24.0 Å². The van der Waals surface area contributed by atoms with E-state index < -0.39 is 5.60 Å². The van der Waals surface area contributed by atoms with Crippen LogP contribution in [0.1, 0.15) is 46.5 Å². The summed E-state index contributed by atoms with van der Waals surface area (Å²) in [5.74, 6) is 0.741. The maximum atomic E-state index is 10.5. The van der Waals surface area contributed by atoms with Crippen LogP contribution < -0.4 is 10.6 Å². The molecule has 0 aliphatic rings. The van der Waals surface area contributed by atoms with E-state index in [1.165, 1.54) is 0 Å². The van der Waals surface area contributed by atoms with Gasteiger partial charge in [-0.15, -0.1) is 24.0 Å². The van der Waals surface area contributed by atoms with Crippen molar-refractivity contribution in [3.63, 3.8) is 0 Å². The second-order valence-electron chi connectivity index (χ2n) is 4.84. The highest BCUT2D eigenvalue weighted by Crippen LogP contribution is 2.19. The van der Waals surface area contributed by atoms with Gasteiger partial charge in [-0.3, -0.25) is 4.99 Å². The summed E-state index contributed by atoms with van der Waals surface area (Å²) in [6.45, 7) is 8.80. The molecule has 0 amide bonds. The molecule has 0 saturated carbocycles. The van der Waals surface area contributed by atoms with Gasteiger partial charge in [-0.05, 0) is 19.8 Å². The number of guanidine groups is 1. The van der Waals surface area contributed by atoms with E-state index >= 15 is 0 Å². The molecule has 0 radical (unpaired) electrons. The second kappa shape index (κ2) is 13.9. The molecule has 0 heterocycles. The molecule has 0 aliphatic heterocycles. The fourth-order valence-electron chi connectivity index (χ4n) is 2.05. The number of methoxy groups -OCH3 is 1. The van der Waals surface area contributed by atoms with E-state index in [-0.39, 0.29) is 24.0 Å². The van der Waals surface area contributed by atoms with E-state index in [1.54, 1.807) is 7.11 Å². The lowest BCUT2D eigenvalue weighted by Gasteiger charge is -2.26. The van der Waals surface area contributed by atoms with Crippen molar-refractivity contribution < 1.29 is 9.84 Å². The van der Waals surface area contributed by atoms with E-state index in [0.717, 1.165) is 38.2 Å². The molecule has 0 aliphatic carbocycles. The number of ether oxygens (including phenoxy) is 1. The minimum atomic E-state index is -0.674. The molecule has 0 bridgehead atoms. The number of aliphatic hydroxyl groups is 1. The van der Waals surface area contributed by atoms with Gasteiger partial charge in [0.2, 0.25) is 0 Å². The molecule has 3 N–H and O–H groups in total. The molecule has 0 unspecified atom stereocenters. The predicted octanol–water partition coefficient (Wildman–Crippen LogP) is 2.14. The Hall–Kier alpha value is -0.0800. The van der Waals surface area contributed by atoms with Crippen LogP contribution in [0.3, 0.4) is 0 Å². The first kappa shape index (κ1) is 22.2. The van der Waals surface area contributed by atoms with Gasteiger partial charge < -0.3 is 20.5 Å². The van der Waals surface area contributed by atoms with Crippen molar-refractivity contribution in [1.82, 2.24) is 10.6 Å². The van der Waals surface area contributed by atoms with Gasteiger partial charge in [0.05, 0.1) is 18.8 Å². The molecule has 0 fully saturated rings. The van der Waals surface area contributed by atoms with Gasteiger partial charge in [0.25, 0.3) is 0 Å². The summed E-state index contributed by atoms with van der Waals surface area (Å²) >= 11 is 0. The maximum Gasteiger partial charge on any atom is 0.191 e. The first-order valence-electron chi connectivity index (χ1n) is 7.35. The molecule has 0 saturated heterocycles. The van der Waals surface area contributed by atoms with Crippen molar-refractivity contribution in [2.75, 3.05) is 33.4 Å². The fourth-order valence-corrected chi connectivity index (χ4v) is 2.05. The van der Waals surface area contributed by atoms with Crippen LogP contribution in [0.5, 0.6) is 0 Å². The SMILES string of the molecule is CCCC(O)(CCC)CN=C(NCC)NCCOC.I. The summed E-state index contributed by atoms with van der Waals surface area (Å²) in [4.78, 5) is 4.48. The number of rotatable bonds is 10. The number of hydrogen-bond donors (Lipinski definition) is 3. The lowest BCUT2D eigenvalue weighted by atomic mass is 9.93. The third kappa shape index (κ3) is 10.7. The smallest absolute Gasteiger partial charge is 0.191 e. The van der Waals surface area contributed by atoms with E-state index in [1.807, 2.05) is 6.92 Å². The lowest BCUT2D eigenvalue weighted by Crippen LogP contribution is -2.41. The molecule has 0 aromatic rings. The summed E-state index contributed by atoms with van der Waals surface area (Å²) in [5, 5.41) is 16.9. The van der Waals surface area contributed by atoms with E-state index in [4.69, 9.17) is 4.74 Å². The van der Waals surface area contributed by atoms with Gasteiger partial charge in [-0.25, -0.2) is 0 Å². The largest absolute Gasteiger partial charge is 0.388 e. The summed E-state index contributed by atoms with van der Waals surface area (Å²) in [5.41, 5.74) is -0.674. The Labute approximate surface area is 141 Å². The average molecular weight is 401 g/mol. The van der Waals surface area contributed by atoms with Crippen LogP contribution in [-0.4, -0.2) is 50.0 Å². The quantitative estimate of drug-likeness (QED) is 0.227. The van der Waals surface area contributed by atoms with Crippen molar-refractivity contribution in [2.45, 2.75) is 52.1 Å². The molecule has 0 spiro atoms. The molecular formula is C14H32IN3O2. The third-order valence-electron chi connectivity index (χ3n) is 2.91. The molecule has 0 aromatic heterocycles. The van der Waals surface area contributed by atoms with Crippen LogP contribution in [0.2, 0.25) is 0 Å². The van der Waals surface area contributed by atoms with E-state index in [9.17, 15) is 5.11 Å². The number of nitrogens with one attached hydrogen (secondary N) is 2. The summed E-state index contributed by atoms with van der Waals surface area (Å²) < 4.78 is 5.00. The molecule has 0 aromatic carbocycles.